The number of alkyl halides is 3. The fraction of sp³-hybridized carbons (Fsp3) is 0.375. The standard InChI is InChI=1S/C16H19F3OSi/c1-21(2,3)13-7-11-15(20,16(17,18)19)12-10-14-8-5-4-6-9-14/h4-6,8-10,12,20H,11H2,1-3H3/b12-10+/t15-/m1/s1. The van der Waals surface area contributed by atoms with E-state index in [9.17, 15) is 18.3 Å². The van der Waals surface area contributed by atoms with Gasteiger partial charge in [0.25, 0.3) is 0 Å². The second-order valence-electron chi connectivity index (χ2n) is 5.89. The smallest absolute Gasteiger partial charge is 0.376 e. The Morgan fingerprint density at radius 3 is 2.19 bits per heavy atom. The van der Waals surface area contributed by atoms with Crippen molar-refractivity contribution in [3.8, 4) is 11.5 Å². The highest BCUT2D eigenvalue weighted by Gasteiger charge is 2.51. The maximum absolute atomic E-state index is 13.1. The van der Waals surface area contributed by atoms with Crippen LogP contribution in [0.1, 0.15) is 12.0 Å². The second kappa shape index (κ2) is 6.50. The summed E-state index contributed by atoms with van der Waals surface area (Å²) in [7, 11) is -1.77. The highest BCUT2D eigenvalue weighted by Crippen LogP contribution is 2.34. The Balaban J connectivity index is 2.99. The molecule has 0 bridgehead atoms. The van der Waals surface area contributed by atoms with Gasteiger partial charge in [0, 0.05) is 6.42 Å². The normalized spacial score (nSPS) is 15.4. The summed E-state index contributed by atoms with van der Waals surface area (Å²) >= 11 is 0. The average Bonchev–Trinajstić information content (AvgIpc) is 2.35. The van der Waals surface area contributed by atoms with Crippen molar-refractivity contribution in [2.75, 3.05) is 0 Å². The first-order chi connectivity index (χ1) is 9.54. The third-order valence-electron chi connectivity index (χ3n) is 2.66. The van der Waals surface area contributed by atoms with Gasteiger partial charge in [0.05, 0.1) is 0 Å². The zero-order chi connectivity index (χ0) is 16.1. The summed E-state index contributed by atoms with van der Waals surface area (Å²) in [6, 6.07) is 8.55. The molecule has 0 aliphatic heterocycles. The lowest BCUT2D eigenvalue weighted by Crippen LogP contribution is -2.43. The number of halogens is 3. The van der Waals surface area contributed by atoms with E-state index in [0.717, 1.165) is 6.08 Å². The number of rotatable bonds is 3. The topological polar surface area (TPSA) is 20.2 Å². The predicted octanol–water partition coefficient (Wildman–Crippen LogP) is 4.26. The van der Waals surface area contributed by atoms with Crippen LogP contribution in [0.15, 0.2) is 36.4 Å². The van der Waals surface area contributed by atoms with Gasteiger partial charge in [-0.1, -0.05) is 56.0 Å². The quantitative estimate of drug-likeness (QED) is 0.653. The van der Waals surface area contributed by atoms with Crippen LogP contribution in [0, 0.1) is 11.5 Å². The van der Waals surface area contributed by atoms with Crippen LogP contribution >= 0.6 is 0 Å². The number of aliphatic hydroxyl groups is 1. The molecular weight excluding hydrogens is 293 g/mol. The first kappa shape index (κ1) is 17.5. The third kappa shape index (κ3) is 5.78. The van der Waals surface area contributed by atoms with Gasteiger partial charge in [-0.2, -0.15) is 13.2 Å². The fourth-order valence-electron chi connectivity index (χ4n) is 1.50. The molecule has 1 aromatic rings. The minimum Gasteiger partial charge on any atom is -0.376 e. The van der Waals surface area contributed by atoms with Gasteiger partial charge in [-0.05, 0) is 11.6 Å². The SMILES string of the molecule is C[Si](C)(C)C#CC[C@@](O)(/C=C/c1ccccc1)C(F)(F)F. The van der Waals surface area contributed by atoms with E-state index in [4.69, 9.17) is 0 Å². The van der Waals surface area contributed by atoms with E-state index < -0.39 is 26.3 Å². The molecule has 0 aromatic heterocycles. The van der Waals surface area contributed by atoms with Crippen molar-refractivity contribution < 1.29 is 18.3 Å². The molecule has 0 aliphatic carbocycles. The molecule has 5 heteroatoms. The van der Waals surface area contributed by atoms with E-state index in [-0.39, 0.29) is 0 Å². The second-order valence-corrected chi connectivity index (χ2v) is 10.6. The van der Waals surface area contributed by atoms with E-state index in [0.29, 0.717) is 5.56 Å². The lowest BCUT2D eigenvalue weighted by Gasteiger charge is -2.25. The molecule has 1 N–H and O–H groups in total. The van der Waals surface area contributed by atoms with Crippen LogP contribution in [0.2, 0.25) is 19.6 Å². The molecule has 0 amide bonds. The summed E-state index contributed by atoms with van der Waals surface area (Å²) in [6.07, 6.45) is -3.36. The maximum atomic E-state index is 13.1. The molecule has 0 saturated carbocycles. The third-order valence-corrected chi connectivity index (χ3v) is 3.59. The highest BCUT2D eigenvalue weighted by atomic mass is 28.3. The summed E-state index contributed by atoms with van der Waals surface area (Å²) in [4.78, 5) is 0. The minimum atomic E-state index is -4.76. The Kier molecular flexibility index (Phi) is 5.43. The van der Waals surface area contributed by atoms with Gasteiger partial charge in [0.15, 0.2) is 5.60 Å². The summed E-state index contributed by atoms with van der Waals surface area (Å²) in [5.41, 5.74) is 0.517. The van der Waals surface area contributed by atoms with Crippen LogP contribution in [-0.4, -0.2) is 25.0 Å². The number of hydrogen-bond donors (Lipinski definition) is 1. The van der Waals surface area contributed by atoms with E-state index >= 15 is 0 Å². The molecule has 0 radical (unpaired) electrons. The van der Waals surface area contributed by atoms with Gasteiger partial charge in [0.2, 0.25) is 0 Å². The van der Waals surface area contributed by atoms with Crippen LogP contribution in [0.25, 0.3) is 6.08 Å². The molecule has 0 unspecified atom stereocenters. The lowest BCUT2D eigenvalue weighted by atomic mass is 9.98. The van der Waals surface area contributed by atoms with Crippen LogP contribution in [0.4, 0.5) is 13.2 Å². The lowest BCUT2D eigenvalue weighted by molar-refractivity contribution is -0.237. The molecule has 1 atom stereocenters. The Bertz CT molecular complexity index is 547. The summed E-state index contributed by atoms with van der Waals surface area (Å²) in [6.45, 7) is 5.81. The van der Waals surface area contributed by atoms with E-state index in [1.54, 1.807) is 30.3 Å². The average molecular weight is 312 g/mol. The van der Waals surface area contributed by atoms with E-state index in [1.807, 2.05) is 19.6 Å². The zero-order valence-corrected chi connectivity index (χ0v) is 13.3. The Morgan fingerprint density at radius 2 is 1.71 bits per heavy atom. The van der Waals surface area contributed by atoms with Crippen LogP contribution in [-0.2, 0) is 0 Å². The van der Waals surface area contributed by atoms with Crippen molar-refractivity contribution in [1.82, 2.24) is 0 Å². The molecule has 21 heavy (non-hydrogen) atoms. The monoisotopic (exact) mass is 312 g/mol. The first-order valence-corrected chi connectivity index (χ1v) is 10.1. The molecule has 0 heterocycles. The van der Waals surface area contributed by atoms with Crippen LogP contribution < -0.4 is 0 Å². The van der Waals surface area contributed by atoms with Crippen molar-refractivity contribution in [2.24, 2.45) is 0 Å². The molecular formula is C16H19F3OSi. The largest absolute Gasteiger partial charge is 0.421 e. The van der Waals surface area contributed by atoms with Crippen molar-refractivity contribution in [3.63, 3.8) is 0 Å². The van der Waals surface area contributed by atoms with Crippen molar-refractivity contribution >= 4 is 14.1 Å². The van der Waals surface area contributed by atoms with Crippen LogP contribution in [0.5, 0.6) is 0 Å². The van der Waals surface area contributed by atoms with Gasteiger partial charge < -0.3 is 5.11 Å². The van der Waals surface area contributed by atoms with Gasteiger partial charge in [0.1, 0.15) is 8.07 Å². The summed E-state index contributed by atoms with van der Waals surface area (Å²) < 4.78 is 39.2. The molecule has 0 aliphatic rings. The van der Waals surface area contributed by atoms with E-state index in [1.165, 1.54) is 6.08 Å². The Hall–Kier alpha value is -1.51. The molecule has 1 aromatic carbocycles. The van der Waals surface area contributed by atoms with Crippen molar-refractivity contribution in [3.05, 3.63) is 42.0 Å². The molecule has 1 nitrogen and oxygen atoms in total. The van der Waals surface area contributed by atoms with Gasteiger partial charge in [-0.25, -0.2) is 0 Å². The predicted molar refractivity (Wildman–Crippen MR) is 82.2 cm³/mol. The van der Waals surface area contributed by atoms with E-state index in [2.05, 4.69) is 11.5 Å². The molecule has 0 saturated heterocycles. The molecule has 0 spiro atoms. The van der Waals surface area contributed by atoms with Gasteiger partial charge in [-0.15, -0.1) is 11.5 Å². The first-order valence-electron chi connectivity index (χ1n) is 6.57. The minimum absolute atomic E-state index is 0.596. The molecule has 1 rings (SSSR count). The maximum Gasteiger partial charge on any atom is 0.421 e. The number of benzene rings is 1. The van der Waals surface area contributed by atoms with Gasteiger partial charge in [-0.3, -0.25) is 0 Å². The zero-order valence-electron chi connectivity index (χ0n) is 12.3. The summed E-state index contributed by atoms with van der Waals surface area (Å²) in [5.74, 6) is 2.50. The number of hydrogen-bond acceptors (Lipinski definition) is 1. The van der Waals surface area contributed by atoms with Crippen LogP contribution in [0.3, 0.4) is 0 Å². The van der Waals surface area contributed by atoms with Crippen molar-refractivity contribution in [2.45, 2.75) is 37.8 Å². The highest BCUT2D eigenvalue weighted by molar-refractivity contribution is 6.83. The summed E-state index contributed by atoms with van der Waals surface area (Å²) in [5, 5.41) is 9.91. The van der Waals surface area contributed by atoms with Crippen molar-refractivity contribution in [1.29, 1.82) is 0 Å². The Labute approximate surface area is 124 Å². The molecule has 0 fully saturated rings. The van der Waals surface area contributed by atoms with Gasteiger partial charge >= 0.3 is 6.18 Å². The molecule has 114 valence electrons. The fourth-order valence-corrected chi connectivity index (χ4v) is 2.11. The Morgan fingerprint density at radius 1 is 1.14 bits per heavy atom.